The maximum Gasteiger partial charge on any atom is -0.0395 e. The molecule has 5 aliphatic carbocycles. The molecule has 5 fully saturated rings. The molecule has 2 aromatic rings. The second-order valence-corrected chi connectivity index (χ2v) is 22.0. The summed E-state index contributed by atoms with van der Waals surface area (Å²) in [4.78, 5) is 0. The third kappa shape index (κ3) is 31.6. The van der Waals surface area contributed by atoms with E-state index in [2.05, 4.69) is 147 Å². The molecule has 2 heteroatoms. The van der Waals surface area contributed by atoms with Crippen molar-refractivity contribution in [3.8, 4) is 0 Å². The first-order chi connectivity index (χ1) is 27.3. The molecule has 0 radical (unpaired) electrons. The Kier molecular flexibility index (Phi) is 35.8. The summed E-state index contributed by atoms with van der Waals surface area (Å²) in [6.07, 6.45) is 29.5. The van der Waals surface area contributed by atoms with Gasteiger partial charge in [-0.1, -0.05) is 245 Å². The van der Waals surface area contributed by atoms with Crippen LogP contribution < -0.4 is 6.15 Å². The quantitative estimate of drug-likeness (QED) is 0.263. The summed E-state index contributed by atoms with van der Waals surface area (Å²) < 4.78 is 0. The van der Waals surface area contributed by atoms with Crippen LogP contribution in [0.2, 0.25) is 0 Å². The average Bonchev–Trinajstić information content (AvgIpc) is 3.19. The van der Waals surface area contributed by atoms with Crippen LogP contribution in [-0.4, -0.2) is 0 Å². The molecular formula is C58H110NP. The molecule has 0 spiro atoms. The Hall–Kier alpha value is -1.17. The Morgan fingerprint density at radius 1 is 0.250 bits per heavy atom. The first-order valence-corrected chi connectivity index (χ1v) is 25.4. The SMILES string of the molecule is CC1CCC(C)CC1.CC1CCC(C)CC1.CC1CCC(C)CC1.CC1CCC(C)CC1.CC1CCC(C)CC1.Cc1ccc(C)c(C)c1.Cc1ccc(C)c(C)c1.N.P. The van der Waals surface area contributed by atoms with Crippen LogP contribution >= 0.6 is 9.90 Å². The maximum absolute atomic E-state index is 2.37. The van der Waals surface area contributed by atoms with Gasteiger partial charge in [-0.25, -0.2) is 0 Å². The van der Waals surface area contributed by atoms with Crippen LogP contribution in [0, 0.1) is 101 Å². The summed E-state index contributed by atoms with van der Waals surface area (Å²) in [6.45, 7) is 36.5. The highest BCUT2D eigenvalue weighted by Gasteiger charge is 2.16. The maximum atomic E-state index is 2.37. The molecule has 0 aromatic heterocycles. The summed E-state index contributed by atoms with van der Waals surface area (Å²) in [5.74, 6) is 10.2. The predicted octanol–water partition coefficient (Wildman–Crippen LogP) is 19.6. The molecule has 5 saturated carbocycles. The van der Waals surface area contributed by atoms with Crippen molar-refractivity contribution in [1.29, 1.82) is 0 Å². The minimum atomic E-state index is 0. The summed E-state index contributed by atoms with van der Waals surface area (Å²) >= 11 is 0. The highest BCUT2D eigenvalue weighted by molar-refractivity contribution is 6.92. The van der Waals surface area contributed by atoms with E-state index in [0.717, 1.165) is 59.2 Å². The molecule has 1 nitrogen and oxygen atoms in total. The molecule has 0 amide bonds. The van der Waals surface area contributed by atoms with Gasteiger partial charge in [0.1, 0.15) is 0 Å². The van der Waals surface area contributed by atoms with E-state index in [-0.39, 0.29) is 16.0 Å². The van der Waals surface area contributed by atoms with Gasteiger partial charge in [-0.3, -0.25) is 0 Å². The topological polar surface area (TPSA) is 35.0 Å². The van der Waals surface area contributed by atoms with E-state index < -0.39 is 0 Å². The molecule has 0 heterocycles. The van der Waals surface area contributed by atoms with E-state index in [1.807, 2.05) is 0 Å². The first kappa shape index (κ1) is 60.9. The van der Waals surface area contributed by atoms with E-state index in [1.54, 1.807) is 0 Å². The monoisotopic (exact) mass is 852 g/mol. The van der Waals surface area contributed by atoms with Crippen molar-refractivity contribution in [2.45, 2.75) is 239 Å². The average molecular weight is 852 g/mol. The van der Waals surface area contributed by atoms with Crippen LogP contribution in [-0.2, 0) is 0 Å². The summed E-state index contributed by atoms with van der Waals surface area (Å²) in [7, 11) is 0. The fraction of sp³-hybridized carbons (Fsp3) is 0.793. The largest absolute Gasteiger partial charge is 0.344 e. The second kappa shape index (κ2) is 35.2. The van der Waals surface area contributed by atoms with Gasteiger partial charge in [0, 0.05) is 0 Å². The van der Waals surface area contributed by atoms with Gasteiger partial charge in [0.2, 0.25) is 0 Å². The Balaban J connectivity index is 0. The number of benzene rings is 2. The molecule has 1 atom stereocenters. The molecule has 60 heavy (non-hydrogen) atoms. The minimum absolute atomic E-state index is 0. The van der Waals surface area contributed by atoms with Gasteiger partial charge in [0.25, 0.3) is 0 Å². The van der Waals surface area contributed by atoms with Crippen molar-refractivity contribution in [1.82, 2.24) is 6.15 Å². The van der Waals surface area contributed by atoms with Crippen LogP contribution in [0.3, 0.4) is 0 Å². The van der Waals surface area contributed by atoms with Gasteiger partial charge in [0.15, 0.2) is 0 Å². The van der Waals surface area contributed by atoms with E-state index in [9.17, 15) is 0 Å². The van der Waals surface area contributed by atoms with Gasteiger partial charge in [-0.05, 0) is 123 Å². The van der Waals surface area contributed by atoms with Gasteiger partial charge in [0.05, 0.1) is 0 Å². The fourth-order valence-corrected chi connectivity index (χ4v) is 8.92. The van der Waals surface area contributed by atoms with Crippen molar-refractivity contribution in [3.05, 3.63) is 69.8 Å². The van der Waals surface area contributed by atoms with E-state index in [4.69, 9.17) is 0 Å². The zero-order valence-corrected chi connectivity index (χ0v) is 45.2. The number of hydrogen-bond donors (Lipinski definition) is 1. The predicted molar refractivity (Wildman–Crippen MR) is 281 cm³/mol. The van der Waals surface area contributed by atoms with Crippen molar-refractivity contribution < 1.29 is 0 Å². The number of rotatable bonds is 0. The summed E-state index contributed by atoms with van der Waals surface area (Å²) in [5.41, 5.74) is 8.21. The van der Waals surface area contributed by atoms with Crippen molar-refractivity contribution in [2.24, 2.45) is 59.2 Å². The lowest BCUT2D eigenvalue weighted by Gasteiger charge is -2.22. The smallest absolute Gasteiger partial charge is 0.0395 e. The molecule has 0 saturated heterocycles. The third-order valence-corrected chi connectivity index (χ3v) is 14.8. The lowest BCUT2D eigenvalue weighted by molar-refractivity contribution is 0.308. The lowest BCUT2D eigenvalue weighted by atomic mass is 9.84. The van der Waals surface area contributed by atoms with Crippen LogP contribution in [0.1, 0.15) is 231 Å². The van der Waals surface area contributed by atoms with E-state index in [0.29, 0.717) is 0 Å². The van der Waals surface area contributed by atoms with Crippen LogP contribution in [0.5, 0.6) is 0 Å². The molecule has 3 N–H and O–H groups in total. The van der Waals surface area contributed by atoms with Crippen LogP contribution in [0.4, 0.5) is 0 Å². The van der Waals surface area contributed by atoms with Crippen molar-refractivity contribution in [3.63, 3.8) is 0 Å². The van der Waals surface area contributed by atoms with Gasteiger partial charge >= 0.3 is 0 Å². The summed E-state index contributed by atoms with van der Waals surface area (Å²) in [5, 5.41) is 0. The zero-order chi connectivity index (χ0) is 43.6. The van der Waals surface area contributed by atoms with Gasteiger partial charge in [-0.2, -0.15) is 9.90 Å². The van der Waals surface area contributed by atoms with Gasteiger partial charge < -0.3 is 6.15 Å². The van der Waals surface area contributed by atoms with Crippen LogP contribution in [0.15, 0.2) is 36.4 Å². The fourth-order valence-electron chi connectivity index (χ4n) is 8.92. The standard InChI is InChI=1S/2C9H12.5C8H16.H3N.H3P/c2*1-7-4-5-8(2)9(3)6-7;5*1-7-3-5-8(2)6-4-7;;/h2*4-6H,1-3H3;5*7-8H,3-6H2,1-2H3;2*1H3. The zero-order valence-electron chi connectivity index (χ0n) is 43.8. The highest BCUT2D eigenvalue weighted by Crippen LogP contribution is 2.30. The Morgan fingerprint density at radius 2 is 0.383 bits per heavy atom. The normalized spacial score (nSPS) is 29.4. The Bertz CT molecular complexity index is 1040. The highest BCUT2D eigenvalue weighted by atomic mass is 31.0. The first-order valence-electron chi connectivity index (χ1n) is 25.4. The molecule has 7 rings (SSSR count). The number of hydrogen-bond acceptors (Lipinski definition) is 1. The molecule has 1 unspecified atom stereocenters. The Labute approximate surface area is 382 Å². The van der Waals surface area contributed by atoms with E-state index in [1.165, 1.54) is 162 Å². The minimum Gasteiger partial charge on any atom is -0.344 e. The molecule has 0 bridgehead atoms. The van der Waals surface area contributed by atoms with Crippen molar-refractivity contribution in [2.75, 3.05) is 0 Å². The molecule has 5 aliphatic rings. The molecule has 2 aromatic carbocycles. The molecule has 0 aliphatic heterocycles. The number of aryl methyl sites for hydroxylation is 6. The Morgan fingerprint density at radius 3 is 0.483 bits per heavy atom. The summed E-state index contributed by atoms with van der Waals surface area (Å²) in [6, 6.07) is 13.0. The molecular weight excluding hydrogens is 742 g/mol. The van der Waals surface area contributed by atoms with Crippen LogP contribution in [0.25, 0.3) is 0 Å². The van der Waals surface area contributed by atoms with E-state index >= 15 is 0 Å². The van der Waals surface area contributed by atoms with Gasteiger partial charge in [-0.15, -0.1) is 0 Å². The molecule has 352 valence electrons. The van der Waals surface area contributed by atoms with Crippen molar-refractivity contribution >= 4 is 9.90 Å². The lowest BCUT2D eigenvalue weighted by Crippen LogP contribution is -2.08. The third-order valence-electron chi connectivity index (χ3n) is 14.8. The second-order valence-electron chi connectivity index (χ2n) is 22.0.